The average Bonchev–Trinajstić information content (AvgIpc) is 3.31. The van der Waals surface area contributed by atoms with Crippen LogP contribution in [0.1, 0.15) is 5.56 Å². The first-order valence-corrected chi connectivity index (χ1v) is 10.4. The molecule has 162 valence electrons. The fourth-order valence-corrected chi connectivity index (χ4v) is 3.90. The number of carbonyl (C=O) groups is 3. The molecule has 3 aromatic carbocycles. The lowest BCUT2D eigenvalue weighted by Crippen LogP contribution is -2.30. The van der Waals surface area contributed by atoms with Gasteiger partial charge in [-0.1, -0.05) is 54.6 Å². The molecule has 1 fully saturated rings. The number of benzene rings is 3. The first kappa shape index (κ1) is 20.3. The minimum atomic E-state index is -0.497. The number of rotatable bonds is 5. The van der Waals surface area contributed by atoms with Crippen LogP contribution in [0.4, 0.5) is 16.2 Å². The summed E-state index contributed by atoms with van der Waals surface area (Å²) in [7, 11) is 0. The van der Waals surface area contributed by atoms with Gasteiger partial charge in [-0.05, 0) is 36.4 Å². The minimum Gasteiger partial charge on any atom is -0.337 e. The Balaban J connectivity index is 1.45. The van der Waals surface area contributed by atoms with Gasteiger partial charge in [0.15, 0.2) is 0 Å². The number of nitrogens with one attached hydrogen (secondary N) is 2. The second kappa shape index (κ2) is 8.47. The molecule has 0 unspecified atom stereocenters. The van der Waals surface area contributed by atoms with E-state index in [4.69, 9.17) is 0 Å². The number of fused-ring (bicyclic) bond motifs is 1. The van der Waals surface area contributed by atoms with E-state index in [0.29, 0.717) is 5.69 Å². The Bertz CT molecular complexity index is 1390. The zero-order valence-corrected chi connectivity index (χ0v) is 17.6. The molecule has 2 N–H and O–H groups in total. The number of amides is 4. The minimum absolute atomic E-state index is 0.106. The molecule has 0 spiro atoms. The topological polar surface area (TPSA) is 83.4 Å². The number of imide groups is 1. The molecule has 0 bridgehead atoms. The number of nitrogens with zero attached hydrogens (tertiary/aromatic N) is 2. The molecule has 0 atom stereocenters. The van der Waals surface area contributed by atoms with Crippen LogP contribution in [0.5, 0.6) is 0 Å². The predicted octanol–water partition coefficient (Wildman–Crippen LogP) is 4.38. The van der Waals surface area contributed by atoms with E-state index in [9.17, 15) is 14.4 Å². The van der Waals surface area contributed by atoms with Crippen LogP contribution >= 0.6 is 0 Å². The summed E-state index contributed by atoms with van der Waals surface area (Å²) < 4.78 is 1.83. The molecule has 2 heterocycles. The van der Waals surface area contributed by atoms with E-state index in [1.807, 2.05) is 71.4 Å². The van der Waals surface area contributed by atoms with Crippen LogP contribution in [0.3, 0.4) is 0 Å². The smallest absolute Gasteiger partial charge is 0.333 e. The number of anilines is 2. The first-order valence-electron chi connectivity index (χ1n) is 10.4. The number of para-hydroxylation sites is 3. The maximum absolute atomic E-state index is 12.9. The summed E-state index contributed by atoms with van der Waals surface area (Å²) in [5, 5.41) is 6.41. The zero-order chi connectivity index (χ0) is 22.8. The fourth-order valence-electron chi connectivity index (χ4n) is 3.90. The Hall–Kier alpha value is -4.65. The van der Waals surface area contributed by atoms with Gasteiger partial charge in [0.2, 0.25) is 5.91 Å². The zero-order valence-electron chi connectivity index (χ0n) is 17.6. The van der Waals surface area contributed by atoms with Crippen molar-refractivity contribution >= 4 is 46.2 Å². The van der Waals surface area contributed by atoms with Crippen molar-refractivity contribution in [2.75, 3.05) is 10.2 Å². The van der Waals surface area contributed by atoms with Crippen LogP contribution in [-0.4, -0.2) is 22.4 Å². The molecule has 1 aliphatic rings. The van der Waals surface area contributed by atoms with E-state index in [2.05, 4.69) is 10.6 Å². The number of hydrogen-bond acceptors (Lipinski definition) is 3. The summed E-state index contributed by atoms with van der Waals surface area (Å²) in [6.45, 7) is 0.106. The van der Waals surface area contributed by atoms with Crippen molar-refractivity contribution in [3.63, 3.8) is 0 Å². The van der Waals surface area contributed by atoms with Crippen molar-refractivity contribution in [3.8, 4) is 0 Å². The molecular formula is C26H20N4O3. The van der Waals surface area contributed by atoms with Gasteiger partial charge in [-0.2, -0.15) is 0 Å². The van der Waals surface area contributed by atoms with Gasteiger partial charge in [-0.3, -0.25) is 9.59 Å². The van der Waals surface area contributed by atoms with Crippen LogP contribution < -0.4 is 15.5 Å². The number of carbonyl (C=O) groups excluding carboxylic acids is 3. The SMILES string of the molecule is O=C(Cn1cc(C=C2NC(=O)N(c3ccccc3)C2=O)c2ccccc21)Nc1ccccc1. The van der Waals surface area contributed by atoms with Crippen LogP contribution in [0.25, 0.3) is 17.0 Å². The number of aromatic nitrogens is 1. The van der Waals surface area contributed by atoms with Gasteiger partial charge in [0.25, 0.3) is 5.91 Å². The molecule has 4 amide bonds. The third-order valence-electron chi connectivity index (χ3n) is 5.38. The van der Waals surface area contributed by atoms with E-state index in [1.54, 1.807) is 30.3 Å². The largest absolute Gasteiger partial charge is 0.337 e. The van der Waals surface area contributed by atoms with E-state index in [0.717, 1.165) is 27.1 Å². The lowest BCUT2D eigenvalue weighted by atomic mass is 10.1. The Morgan fingerprint density at radius 3 is 2.30 bits per heavy atom. The van der Waals surface area contributed by atoms with Crippen LogP contribution in [0.15, 0.2) is 96.8 Å². The summed E-state index contributed by atoms with van der Waals surface area (Å²) in [6, 6.07) is 25.2. The number of hydrogen-bond donors (Lipinski definition) is 2. The molecule has 1 saturated heterocycles. The maximum Gasteiger partial charge on any atom is 0.333 e. The highest BCUT2D eigenvalue weighted by atomic mass is 16.2. The quantitative estimate of drug-likeness (QED) is 0.360. The molecule has 1 aliphatic heterocycles. The van der Waals surface area contributed by atoms with Crippen molar-refractivity contribution in [1.29, 1.82) is 0 Å². The summed E-state index contributed by atoms with van der Waals surface area (Å²) in [5.74, 6) is -0.591. The van der Waals surface area contributed by atoms with Gasteiger partial charge < -0.3 is 15.2 Å². The van der Waals surface area contributed by atoms with Crippen LogP contribution in [0, 0.1) is 0 Å². The maximum atomic E-state index is 12.9. The van der Waals surface area contributed by atoms with Crippen LogP contribution in [0.2, 0.25) is 0 Å². The third kappa shape index (κ3) is 3.99. The van der Waals surface area contributed by atoms with Crippen molar-refractivity contribution in [2.45, 2.75) is 6.54 Å². The Labute approximate surface area is 189 Å². The van der Waals surface area contributed by atoms with E-state index in [-0.39, 0.29) is 18.1 Å². The van der Waals surface area contributed by atoms with Crippen molar-refractivity contribution in [1.82, 2.24) is 9.88 Å². The molecule has 0 saturated carbocycles. The molecule has 1 aromatic heterocycles. The Morgan fingerprint density at radius 1 is 0.879 bits per heavy atom. The molecule has 7 heteroatoms. The van der Waals surface area contributed by atoms with Gasteiger partial charge in [-0.15, -0.1) is 0 Å². The molecule has 0 radical (unpaired) electrons. The lowest BCUT2D eigenvalue weighted by Gasteiger charge is -2.10. The highest BCUT2D eigenvalue weighted by molar-refractivity contribution is 6.28. The predicted molar refractivity (Wildman–Crippen MR) is 127 cm³/mol. The van der Waals surface area contributed by atoms with Crippen LogP contribution in [-0.2, 0) is 16.1 Å². The Morgan fingerprint density at radius 2 is 1.55 bits per heavy atom. The van der Waals surface area contributed by atoms with Gasteiger partial charge in [-0.25, -0.2) is 9.69 Å². The third-order valence-corrected chi connectivity index (χ3v) is 5.38. The molecule has 5 rings (SSSR count). The van der Waals surface area contributed by atoms with E-state index < -0.39 is 11.9 Å². The van der Waals surface area contributed by atoms with E-state index in [1.165, 1.54) is 0 Å². The number of urea groups is 1. The summed E-state index contributed by atoms with van der Waals surface area (Å²) in [6.07, 6.45) is 3.46. The van der Waals surface area contributed by atoms with Gasteiger partial charge in [0, 0.05) is 28.4 Å². The van der Waals surface area contributed by atoms with E-state index >= 15 is 0 Å². The first-order chi connectivity index (χ1) is 16.1. The monoisotopic (exact) mass is 436 g/mol. The normalized spacial score (nSPS) is 14.7. The highest BCUT2D eigenvalue weighted by Crippen LogP contribution is 2.26. The van der Waals surface area contributed by atoms with Gasteiger partial charge in [0.05, 0.1) is 5.69 Å². The van der Waals surface area contributed by atoms with Gasteiger partial charge in [0.1, 0.15) is 12.2 Å². The van der Waals surface area contributed by atoms with Gasteiger partial charge >= 0.3 is 6.03 Å². The summed E-state index contributed by atoms with van der Waals surface area (Å²) in [5.41, 5.74) is 2.99. The highest BCUT2D eigenvalue weighted by Gasteiger charge is 2.34. The lowest BCUT2D eigenvalue weighted by molar-refractivity contribution is -0.116. The second-order valence-electron chi connectivity index (χ2n) is 7.61. The second-order valence-corrected chi connectivity index (χ2v) is 7.61. The summed E-state index contributed by atoms with van der Waals surface area (Å²) >= 11 is 0. The Kier molecular flexibility index (Phi) is 5.20. The van der Waals surface area contributed by atoms with Crippen molar-refractivity contribution in [2.24, 2.45) is 0 Å². The molecule has 4 aromatic rings. The molecule has 7 nitrogen and oxygen atoms in total. The molecular weight excluding hydrogens is 416 g/mol. The fraction of sp³-hybridized carbons (Fsp3) is 0.0385. The van der Waals surface area contributed by atoms with Crippen molar-refractivity contribution < 1.29 is 14.4 Å². The molecule has 0 aliphatic carbocycles. The average molecular weight is 436 g/mol. The summed E-state index contributed by atoms with van der Waals surface area (Å²) in [4.78, 5) is 39.1. The standard InChI is InChI=1S/C26H20N4O3/c31-24(27-19-9-3-1-4-10-19)17-29-16-18(21-13-7-8-14-23(21)29)15-22-25(32)30(26(33)28-22)20-11-5-2-6-12-20/h1-16H,17H2,(H,27,31)(H,28,33). The molecule has 33 heavy (non-hydrogen) atoms. The van der Waals surface area contributed by atoms with Crippen molar-refractivity contribution in [3.05, 3.63) is 102 Å².